The molecule has 0 bridgehead atoms. The minimum absolute atomic E-state index is 0.0531. The number of benzene rings is 2. The fourth-order valence-electron chi connectivity index (χ4n) is 1.66. The molecule has 0 aliphatic carbocycles. The van der Waals surface area contributed by atoms with E-state index in [9.17, 15) is 9.18 Å². The Morgan fingerprint density at radius 3 is 2.35 bits per heavy atom. The van der Waals surface area contributed by atoms with Crippen molar-refractivity contribution in [1.29, 1.82) is 0 Å². The van der Waals surface area contributed by atoms with Crippen molar-refractivity contribution in [3.05, 3.63) is 62.8 Å². The van der Waals surface area contributed by atoms with Gasteiger partial charge in [-0.25, -0.2) is 4.39 Å². The zero-order chi connectivity index (χ0) is 14.7. The Balaban J connectivity index is 2.15. The average molecular weight is 402 g/mol. The van der Waals surface area contributed by atoms with E-state index in [0.29, 0.717) is 10.0 Å². The second-order valence-electron chi connectivity index (χ2n) is 4.21. The van der Waals surface area contributed by atoms with Gasteiger partial charge in [0.15, 0.2) is 17.7 Å². The predicted octanol–water partition coefficient (Wildman–Crippen LogP) is 5.00. The molecule has 0 aliphatic heterocycles. The Morgan fingerprint density at radius 1 is 1.10 bits per heavy atom. The third-order valence-electron chi connectivity index (χ3n) is 2.69. The highest BCUT2D eigenvalue weighted by molar-refractivity contribution is 9.10. The number of halogens is 3. The number of Topliss-reactive ketones (excluding diaryl/α,β-unsaturated/α-hetero) is 1. The van der Waals surface area contributed by atoms with Crippen LogP contribution in [0.3, 0.4) is 0 Å². The van der Waals surface area contributed by atoms with E-state index in [1.165, 1.54) is 12.1 Å². The van der Waals surface area contributed by atoms with Crippen LogP contribution in [0.25, 0.3) is 0 Å². The van der Waals surface area contributed by atoms with E-state index in [-0.39, 0.29) is 11.5 Å². The Morgan fingerprint density at radius 2 is 1.70 bits per heavy atom. The van der Waals surface area contributed by atoms with Crippen LogP contribution in [0, 0.1) is 5.82 Å². The molecule has 2 rings (SSSR count). The van der Waals surface area contributed by atoms with Crippen LogP contribution in [0.1, 0.15) is 17.3 Å². The van der Waals surface area contributed by atoms with Gasteiger partial charge in [0, 0.05) is 14.5 Å². The quantitative estimate of drug-likeness (QED) is 0.673. The molecule has 0 saturated heterocycles. The summed E-state index contributed by atoms with van der Waals surface area (Å²) in [6, 6.07) is 11.3. The minimum Gasteiger partial charge on any atom is -0.479 e. The van der Waals surface area contributed by atoms with E-state index in [4.69, 9.17) is 4.74 Å². The molecule has 2 aromatic carbocycles. The standard InChI is InChI=1S/C15H11Br2FO2/c1-9(15(19)10-2-4-11(16)5-3-10)20-14-8-12(17)6-7-13(14)18/h2-9H,1H3. The maximum absolute atomic E-state index is 13.6. The van der Waals surface area contributed by atoms with Gasteiger partial charge in [0.1, 0.15) is 0 Å². The van der Waals surface area contributed by atoms with Crippen molar-refractivity contribution in [3.63, 3.8) is 0 Å². The molecule has 1 unspecified atom stereocenters. The Bertz CT molecular complexity index is 626. The molecule has 0 saturated carbocycles. The molecule has 0 spiro atoms. The van der Waals surface area contributed by atoms with Gasteiger partial charge in [0.05, 0.1) is 0 Å². The average Bonchev–Trinajstić information content (AvgIpc) is 2.43. The van der Waals surface area contributed by atoms with Crippen molar-refractivity contribution in [3.8, 4) is 5.75 Å². The van der Waals surface area contributed by atoms with Gasteiger partial charge in [-0.15, -0.1) is 0 Å². The zero-order valence-corrected chi connectivity index (χ0v) is 13.7. The molecular weight excluding hydrogens is 391 g/mol. The van der Waals surface area contributed by atoms with Gasteiger partial charge in [-0.3, -0.25) is 4.79 Å². The number of carbonyl (C=O) groups excluding carboxylic acids is 1. The molecule has 0 radical (unpaired) electrons. The lowest BCUT2D eigenvalue weighted by atomic mass is 10.1. The molecule has 2 nitrogen and oxygen atoms in total. The van der Waals surface area contributed by atoms with Crippen LogP contribution in [-0.2, 0) is 0 Å². The van der Waals surface area contributed by atoms with Crippen molar-refractivity contribution in [1.82, 2.24) is 0 Å². The SMILES string of the molecule is CC(Oc1cc(Br)ccc1F)C(=O)c1ccc(Br)cc1. The first kappa shape index (κ1) is 15.2. The highest BCUT2D eigenvalue weighted by Crippen LogP contribution is 2.24. The summed E-state index contributed by atoms with van der Waals surface area (Å²) in [5.74, 6) is -0.641. The molecule has 0 amide bonds. The van der Waals surface area contributed by atoms with Gasteiger partial charge in [-0.2, -0.15) is 0 Å². The summed E-state index contributed by atoms with van der Waals surface area (Å²) < 4.78 is 20.6. The number of ether oxygens (including phenoxy) is 1. The van der Waals surface area contributed by atoms with Gasteiger partial charge >= 0.3 is 0 Å². The van der Waals surface area contributed by atoms with E-state index in [1.807, 2.05) is 0 Å². The normalized spacial score (nSPS) is 12.0. The lowest BCUT2D eigenvalue weighted by molar-refractivity contribution is 0.0812. The number of hydrogen-bond donors (Lipinski definition) is 0. The van der Waals surface area contributed by atoms with E-state index in [2.05, 4.69) is 31.9 Å². The maximum Gasteiger partial charge on any atom is 0.202 e. The fourth-order valence-corrected chi connectivity index (χ4v) is 2.26. The van der Waals surface area contributed by atoms with Crippen molar-refractivity contribution in [2.75, 3.05) is 0 Å². The summed E-state index contributed by atoms with van der Waals surface area (Å²) in [5, 5.41) is 0. The summed E-state index contributed by atoms with van der Waals surface area (Å²) >= 11 is 6.54. The first-order valence-electron chi connectivity index (χ1n) is 5.89. The topological polar surface area (TPSA) is 26.3 Å². The Hall–Kier alpha value is -1.20. The predicted molar refractivity (Wildman–Crippen MR) is 82.7 cm³/mol. The number of ketones is 1. The largest absolute Gasteiger partial charge is 0.479 e. The van der Waals surface area contributed by atoms with Gasteiger partial charge in [-0.1, -0.05) is 44.0 Å². The third kappa shape index (κ3) is 3.67. The number of carbonyl (C=O) groups is 1. The summed E-state index contributed by atoms with van der Waals surface area (Å²) in [4.78, 5) is 12.2. The van der Waals surface area contributed by atoms with Crippen molar-refractivity contribution < 1.29 is 13.9 Å². The third-order valence-corrected chi connectivity index (χ3v) is 3.72. The van der Waals surface area contributed by atoms with Gasteiger partial charge in [0.2, 0.25) is 5.78 Å². The molecule has 1 atom stereocenters. The van der Waals surface area contributed by atoms with Crippen LogP contribution >= 0.6 is 31.9 Å². The molecule has 104 valence electrons. The van der Waals surface area contributed by atoms with Crippen LogP contribution in [-0.4, -0.2) is 11.9 Å². The lowest BCUT2D eigenvalue weighted by Crippen LogP contribution is -2.24. The summed E-state index contributed by atoms with van der Waals surface area (Å²) in [6.07, 6.45) is -0.764. The van der Waals surface area contributed by atoms with Crippen LogP contribution < -0.4 is 4.74 Å². The molecule has 0 N–H and O–H groups in total. The molecule has 5 heteroatoms. The molecule has 2 aromatic rings. The fraction of sp³-hybridized carbons (Fsp3) is 0.133. The second kappa shape index (κ2) is 6.50. The first-order chi connectivity index (χ1) is 9.47. The van der Waals surface area contributed by atoms with Crippen molar-refractivity contribution in [2.45, 2.75) is 13.0 Å². The highest BCUT2D eigenvalue weighted by atomic mass is 79.9. The highest BCUT2D eigenvalue weighted by Gasteiger charge is 2.18. The molecule has 0 aliphatic rings. The minimum atomic E-state index is -0.764. The van der Waals surface area contributed by atoms with Crippen LogP contribution in [0.2, 0.25) is 0 Å². The second-order valence-corrected chi connectivity index (χ2v) is 6.04. The van der Waals surface area contributed by atoms with E-state index < -0.39 is 11.9 Å². The summed E-state index contributed by atoms with van der Waals surface area (Å²) in [7, 11) is 0. The van der Waals surface area contributed by atoms with E-state index >= 15 is 0 Å². The molecule has 0 fully saturated rings. The van der Waals surface area contributed by atoms with Gasteiger partial charge in [0.25, 0.3) is 0 Å². The number of hydrogen-bond acceptors (Lipinski definition) is 2. The smallest absolute Gasteiger partial charge is 0.202 e. The van der Waals surface area contributed by atoms with Crippen molar-refractivity contribution in [2.24, 2.45) is 0 Å². The van der Waals surface area contributed by atoms with Gasteiger partial charge in [-0.05, 0) is 37.3 Å². The maximum atomic E-state index is 13.6. The Kier molecular flexibility index (Phi) is 4.94. The van der Waals surface area contributed by atoms with E-state index in [0.717, 1.165) is 4.47 Å². The monoisotopic (exact) mass is 400 g/mol. The van der Waals surface area contributed by atoms with Crippen molar-refractivity contribution >= 4 is 37.6 Å². The lowest BCUT2D eigenvalue weighted by Gasteiger charge is -2.14. The molecular formula is C15H11Br2FO2. The summed E-state index contributed by atoms with van der Waals surface area (Å²) in [5.41, 5.74) is 0.524. The van der Waals surface area contributed by atoms with E-state index in [1.54, 1.807) is 37.3 Å². The Labute approximate surface area is 133 Å². The van der Waals surface area contributed by atoms with Crippen LogP contribution in [0.5, 0.6) is 5.75 Å². The number of rotatable bonds is 4. The first-order valence-corrected chi connectivity index (χ1v) is 7.47. The zero-order valence-electron chi connectivity index (χ0n) is 10.6. The molecule has 0 aromatic heterocycles. The van der Waals surface area contributed by atoms with Gasteiger partial charge < -0.3 is 4.74 Å². The molecule has 20 heavy (non-hydrogen) atoms. The molecule has 0 heterocycles. The van der Waals surface area contributed by atoms with Crippen LogP contribution in [0.4, 0.5) is 4.39 Å². The summed E-state index contributed by atoms with van der Waals surface area (Å²) in [6.45, 7) is 1.60. The van der Waals surface area contributed by atoms with Crippen LogP contribution in [0.15, 0.2) is 51.4 Å².